The zero-order valence-electron chi connectivity index (χ0n) is 6.39. The van der Waals surface area contributed by atoms with Crippen LogP contribution in [0.1, 0.15) is 16.7 Å². The number of rotatable bonds is 0. The van der Waals surface area contributed by atoms with Gasteiger partial charge in [-0.1, -0.05) is 0 Å². The normalized spacial score (nSPS) is 14.0. The Bertz CT molecular complexity index is 366. The van der Waals surface area contributed by atoms with Crippen molar-refractivity contribution in [1.82, 2.24) is 5.32 Å². The smallest absolute Gasteiger partial charge is 0.128 e. The predicted octanol–water partition coefficient (Wildman–Crippen LogP) is 1.30. The molecule has 60 valence electrons. The molecule has 0 fully saturated rings. The molecule has 1 heterocycles. The Hall–Kier alpha value is -1.40. The Morgan fingerprint density at radius 2 is 2.08 bits per heavy atom. The third kappa shape index (κ3) is 0.892. The fourth-order valence-corrected chi connectivity index (χ4v) is 1.47. The highest BCUT2D eigenvalue weighted by Crippen LogP contribution is 2.21. The molecule has 1 N–H and O–H groups in total. The highest BCUT2D eigenvalue weighted by Gasteiger charge is 2.17. The Labute approximate surface area is 69.6 Å². The summed E-state index contributed by atoms with van der Waals surface area (Å²) in [6.45, 7) is 1.15. The van der Waals surface area contributed by atoms with Gasteiger partial charge >= 0.3 is 0 Å². The number of halogens is 1. The van der Waals surface area contributed by atoms with Gasteiger partial charge in [0.05, 0.1) is 11.6 Å². The van der Waals surface area contributed by atoms with Crippen LogP contribution in [0.4, 0.5) is 4.39 Å². The molecule has 0 radical (unpaired) electrons. The van der Waals surface area contributed by atoms with Crippen molar-refractivity contribution in [3.63, 3.8) is 0 Å². The van der Waals surface area contributed by atoms with E-state index in [0.717, 1.165) is 5.56 Å². The van der Waals surface area contributed by atoms with Gasteiger partial charge in [0.25, 0.3) is 0 Å². The van der Waals surface area contributed by atoms with Gasteiger partial charge in [0.15, 0.2) is 0 Å². The molecular weight excluding hydrogens is 155 g/mol. The molecule has 1 aliphatic rings. The van der Waals surface area contributed by atoms with E-state index in [1.807, 2.05) is 6.07 Å². The summed E-state index contributed by atoms with van der Waals surface area (Å²) in [5.74, 6) is -0.214. The molecule has 12 heavy (non-hydrogen) atoms. The molecule has 0 bridgehead atoms. The van der Waals surface area contributed by atoms with Crippen LogP contribution in [-0.2, 0) is 13.1 Å². The van der Waals surface area contributed by atoms with E-state index in [9.17, 15) is 4.39 Å². The second kappa shape index (κ2) is 2.58. The quantitative estimate of drug-likeness (QED) is 0.624. The lowest BCUT2D eigenvalue weighted by Crippen LogP contribution is -2.00. The van der Waals surface area contributed by atoms with Crippen LogP contribution < -0.4 is 5.32 Å². The second-order valence-electron chi connectivity index (χ2n) is 2.77. The summed E-state index contributed by atoms with van der Waals surface area (Å²) in [6.07, 6.45) is 0. The van der Waals surface area contributed by atoms with Crippen molar-refractivity contribution < 1.29 is 4.39 Å². The summed E-state index contributed by atoms with van der Waals surface area (Å²) in [6, 6.07) is 4.93. The van der Waals surface area contributed by atoms with Gasteiger partial charge in [-0.2, -0.15) is 5.26 Å². The number of nitriles is 1. The zero-order chi connectivity index (χ0) is 8.55. The number of nitrogens with one attached hydrogen (secondary N) is 1. The van der Waals surface area contributed by atoms with Crippen LogP contribution >= 0.6 is 0 Å². The first-order valence-electron chi connectivity index (χ1n) is 3.74. The summed E-state index contributed by atoms with van der Waals surface area (Å²) in [4.78, 5) is 0. The average molecular weight is 162 g/mol. The van der Waals surface area contributed by atoms with Crippen LogP contribution in [0.3, 0.4) is 0 Å². The summed E-state index contributed by atoms with van der Waals surface area (Å²) in [7, 11) is 0. The zero-order valence-corrected chi connectivity index (χ0v) is 6.39. The Balaban J connectivity index is 2.66. The molecule has 0 atom stereocenters. The van der Waals surface area contributed by atoms with Crippen LogP contribution in [0, 0.1) is 17.1 Å². The fraction of sp³-hybridized carbons (Fsp3) is 0.222. The third-order valence-electron chi connectivity index (χ3n) is 2.10. The molecule has 1 aromatic carbocycles. The number of nitrogens with zero attached hydrogens (tertiary/aromatic N) is 1. The maximum atomic E-state index is 13.1. The minimum atomic E-state index is -0.214. The van der Waals surface area contributed by atoms with Gasteiger partial charge in [-0.05, 0) is 17.7 Å². The van der Waals surface area contributed by atoms with Crippen LogP contribution in [0.2, 0.25) is 0 Å². The van der Waals surface area contributed by atoms with Gasteiger partial charge < -0.3 is 5.32 Å². The van der Waals surface area contributed by atoms with E-state index in [2.05, 4.69) is 5.32 Å². The van der Waals surface area contributed by atoms with Gasteiger partial charge in [0, 0.05) is 18.7 Å². The molecule has 3 heteroatoms. The SMILES string of the molecule is N#Cc1ccc(F)c2c1CNC2. The van der Waals surface area contributed by atoms with E-state index in [-0.39, 0.29) is 5.82 Å². The number of hydrogen-bond acceptors (Lipinski definition) is 2. The molecule has 0 unspecified atom stereocenters. The Morgan fingerprint density at radius 3 is 2.83 bits per heavy atom. The van der Waals surface area contributed by atoms with Crippen LogP contribution in [0.15, 0.2) is 12.1 Å². The lowest BCUT2D eigenvalue weighted by molar-refractivity contribution is 0.608. The molecule has 0 aliphatic carbocycles. The maximum absolute atomic E-state index is 13.1. The number of hydrogen-bond donors (Lipinski definition) is 1. The minimum Gasteiger partial charge on any atom is -0.308 e. The monoisotopic (exact) mass is 162 g/mol. The second-order valence-corrected chi connectivity index (χ2v) is 2.77. The lowest BCUT2D eigenvalue weighted by atomic mass is 10.0. The average Bonchev–Trinajstić information content (AvgIpc) is 2.54. The van der Waals surface area contributed by atoms with Crippen molar-refractivity contribution in [2.24, 2.45) is 0 Å². The molecule has 1 aromatic rings. The van der Waals surface area contributed by atoms with Gasteiger partial charge in [-0.3, -0.25) is 0 Å². The van der Waals surface area contributed by atoms with Gasteiger partial charge in [0.1, 0.15) is 5.82 Å². The van der Waals surface area contributed by atoms with Gasteiger partial charge in [-0.25, -0.2) is 4.39 Å². The van der Waals surface area contributed by atoms with E-state index < -0.39 is 0 Å². The topological polar surface area (TPSA) is 35.8 Å². The molecular formula is C9H7FN2. The largest absolute Gasteiger partial charge is 0.308 e. The van der Waals surface area contributed by atoms with Crippen molar-refractivity contribution in [3.8, 4) is 6.07 Å². The van der Waals surface area contributed by atoms with E-state index in [0.29, 0.717) is 24.2 Å². The summed E-state index contributed by atoms with van der Waals surface area (Å²) < 4.78 is 13.1. The first-order chi connectivity index (χ1) is 5.83. The summed E-state index contributed by atoms with van der Waals surface area (Å²) in [5, 5.41) is 11.7. The first kappa shape index (κ1) is 7.26. The van der Waals surface area contributed by atoms with Crippen molar-refractivity contribution >= 4 is 0 Å². The molecule has 0 saturated heterocycles. The van der Waals surface area contributed by atoms with Gasteiger partial charge in [0.2, 0.25) is 0 Å². The third-order valence-corrected chi connectivity index (χ3v) is 2.10. The molecule has 0 amide bonds. The van der Waals surface area contributed by atoms with E-state index in [1.54, 1.807) is 0 Å². The van der Waals surface area contributed by atoms with E-state index in [4.69, 9.17) is 5.26 Å². The van der Waals surface area contributed by atoms with Crippen LogP contribution in [0.25, 0.3) is 0 Å². The summed E-state index contributed by atoms with van der Waals surface area (Å²) in [5.41, 5.74) is 2.04. The molecule has 0 saturated carbocycles. The molecule has 0 spiro atoms. The maximum Gasteiger partial charge on any atom is 0.128 e. The van der Waals surface area contributed by atoms with Crippen molar-refractivity contribution in [2.45, 2.75) is 13.1 Å². The fourth-order valence-electron chi connectivity index (χ4n) is 1.47. The van der Waals surface area contributed by atoms with Crippen molar-refractivity contribution in [1.29, 1.82) is 5.26 Å². The standard InChI is InChI=1S/C9H7FN2/c10-9-2-1-6(3-11)7-4-12-5-8(7)9/h1-2,12H,4-5H2. The van der Waals surface area contributed by atoms with E-state index >= 15 is 0 Å². The highest BCUT2D eigenvalue weighted by atomic mass is 19.1. The van der Waals surface area contributed by atoms with E-state index in [1.165, 1.54) is 12.1 Å². The lowest BCUT2D eigenvalue weighted by Gasteiger charge is -2.00. The minimum absolute atomic E-state index is 0.214. The molecule has 1 aliphatic heterocycles. The summed E-state index contributed by atoms with van der Waals surface area (Å²) >= 11 is 0. The first-order valence-corrected chi connectivity index (χ1v) is 3.74. The Kier molecular flexibility index (Phi) is 1.56. The molecule has 2 rings (SSSR count). The van der Waals surface area contributed by atoms with Crippen molar-refractivity contribution in [2.75, 3.05) is 0 Å². The number of benzene rings is 1. The number of fused-ring (bicyclic) bond motifs is 1. The predicted molar refractivity (Wildman–Crippen MR) is 41.7 cm³/mol. The molecule has 2 nitrogen and oxygen atoms in total. The van der Waals surface area contributed by atoms with Crippen LogP contribution in [0.5, 0.6) is 0 Å². The van der Waals surface area contributed by atoms with Gasteiger partial charge in [-0.15, -0.1) is 0 Å². The van der Waals surface area contributed by atoms with Crippen molar-refractivity contribution in [3.05, 3.63) is 34.6 Å². The Morgan fingerprint density at radius 1 is 1.33 bits per heavy atom. The van der Waals surface area contributed by atoms with Crippen LogP contribution in [-0.4, -0.2) is 0 Å². The molecule has 0 aromatic heterocycles. The highest BCUT2D eigenvalue weighted by molar-refractivity contribution is 5.45.